The summed E-state index contributed by atoms with van der Waals surface area (Å²) in [5.74, 6) is 0.909. The molecule has 0 spiro atoms. The number of rotatable bonds is 6. The second kappa shape index (κ2) is 12.1. The standard InChI is InChI=1S/C34H36Cl2N4O4/c1-19(2)39-31-29(37-32(39)25-17-23(8-11-28(25)43-5)33(41)38-12-14-44-15-13-38)34(42)40(27-18-24(35)9-6-20(27)3)30(31)22-7-10-26(36)21(4)16-22/h6-11,16-19,21,26,30H,12-15H2,1-5H3. The fourth-order valence-electron chi connectivity index (χ4n) is 6.30. The molecule has 2 amide bonds. The normalized spacial score (nSPS) is 21.6. The summed E-state index contributed by atoms with van der Waals surface area (Å²) in [4.78, 5) is 36.5. The van der Waals surface area contributed by atoms with E-state index in [0.717, 1.165) is 22.5 Å². The number of carbonyl (C=O) groups excluding carboxylic acids is 2. The summed E-state index contributed by atoms with van der Waals surface area (Å²) >= 11 is 13.0. The number of methoxy groups -OCH3 is 1. The van der Waals surface area contributed by atoms with Gasteiger partial charge in [-0.05, 0) is 68.2 Å². The average molecular weight is 636 g/mol. The minimum Gasteiger partial charge on any atom is -0.496 e. The van der Waals surface area contributed by atoms with Gasteiger partial charge in [-0.2, -0.15) is 0 Å². The number of halogens is 2. The Morgan fingerprint density at radius 2 is 1.89 bits per heavy atom. The van der Waals surface area contributed by atoms with Gasteiger partial charge in [0.05, 0.1) is 37.0 Å². The zero-order valence-electron chi connectivity index (χ0n) is 25.5. The molecule has 1 aliphatic carbocycles. The lowest BCUT2D eigenvalue weighted by Gasteiger charge is -2.32. The lowest BCUT2D eigenvalue weighted by molar-refractivity contribution is 0.0303. The Morgan fingerprint density at radius 3 is 2.57 bits per heavy atom. The summed E-state index contributed by atoms with van der Waals surface area (Å²) in [6, 6.07) is 10.4. The van der Waals surface area contributed by atoms with Gasteiger partial charge in [0.15, 0.2) is 5.69 Å². The van der Waals surface area contributed by atoms with Gasteiger partial charge < -0.3 is 18.9 Å². The molecule has 0 radical (unpaired) electrons. The maximum Gasteiger partial charge on any atom is 0.279 e. The Hall–Kier alpha value is -3.59. The minimum atomic E-state index is -0.467. The molecule has 6 rings (SSSR count). The summed E-state index contributed by atoms with van der Waals surface area (Å²) in [5, 5.41) is 0.404. The van der Waals surface area contributed by atoms with Crippen LogP contribution in [-0.2, 0) is 4.74 Å². The Balaban J connectivity index is 1.55. The van der Waals surface area contributed by atoms with Gasteiger partial charge in [-0.15, -0.1) is 11.6 Å². The molecule has 44 heavy (non-hydrogen) atoms. The molecule has 10 heteroatoms. The number of anilines is 1. The van der Waals surface area contributed by atoms with Gasteiger partial charge in [0.2, 0.25) is 0 Å². The number of carbonyl (C=O) groups is 2. The van der Waals surface area contributed by atoms with Crippen molar-refractivity contribution in [3.8, 4) is 17.1 Å². The van der Waals surface area contributed by atoms with Crippen LogP contribution in [0.25, 0.3) is 11.4 Å². The van der Waals surface area contributed by atoms with Crippen LogP contribution in [-0.4, -0.2) is 65.1 Å². The lowest BCUT2D eigenvalue weighted by atomic mass is 9.91. The number of morpholine rings is 1. The van der Waals surface area contributed by atoms with Crippen LogP contribution >= 0.6 is 23.2 Å². The van der Waals surface area contributed by atoms with Crippen LogP contribution in [0.15, 0.2) is 60.2 Å². The predicted octanol–water partition coefficient (Wildman–Crippen LogP) is 7.02. The molecule has 3 heterocycles. The number of amides is 2. The third-order valence-corrected chi connectivity index (χ3v) is 9.34. The average Bonchev–Trinajstić information content (AvgIpc) is 3.54. The Bertz CT molecular complexity index is 1690. The van der Waals surface area contributed by atoms with E-state index in [1.807, 2.05) is 43.3 Å². The molecular weight excluding hydrogens is 599 g/mol. The number of nitrogens with zero attached hydrogens (tertiary/aromatic N) is 4. The number of alkyl halides is 1. The molecule has 8 nitrogen and oxygen atoms in total. The first kappa shape index (κ1) is 30.4. The maximum absolute atomic E-state index is 14.4. The number of ether oxygens (including phenoxy) is 2. The molecule has 3 atom stereocenters. The van der Waals surface area contributed by atoms with Gasteiger partial charge in [-0.3, -0.25) is 14.5 Å². The van der Waals surface area contributed by atoms with Gasteiger partial charge in [-0.1, -0.05) is 42.8 Å². The second-order valence-corrected chi connectivity index (χ2v) is 12.7. The largest absolute Gasteiger partial charge is 0.496 e. The van der Waals surface area contributed by atoms with E-state index >= 15 is 0 Å². The predicted molar refractivity (Wildman–Crippen MR) is 173 cm³/mol. The molecule has 1 saturated heterocycles. The summed E-state index contributed by atoms with van der Waals surface area (Å²) in [6.07, 6.45) is 6.13. The highest BCUT2D eigenvalue weighted by Crippen LogP contribution is 2.48. The highest BCUT2D eigenvalue weighted by atomic mass is 35.5. The molecule has 230 valence electrons. The first-order valence-electron chi connectivity index (χ1n) is 14.9. The molecule has 0 saturated carbocycles. The van der Waals surface area contributed by atoms with E-state index in [1.165, 1.54) is 0 Å². The molecule has 3 unspecified atom stereocenters. The monoisotopic (exact) mass is 634 g/mol. The fraction of sp³-hybridized carbons (Fsp3) is 0.382. The van der Waals surface area contributed by atoms with Crippen LogP contribution in [0.3, 0.4) is 0 Å². The number of fused-ring (bicyclic) bond motifs is 1. The molecular formula is C34H36Cl2N4O4. The third-order valence-electron chi connectivity index (χ3n) is 8.57. The van der Waals surface area contributed by atoms with E-state index in [9.17, 15) is 9.59 Å². The molecule has 3 aliphatic rings. The number of allylic oxidation sites excluding steroid dienone is 2. The van der Waals surface area contributed by atoms with Gasteiger partial charge >= 0.3 is 0 Å². The van der Waals surface area contributed by atoms with Crippen molar-refractivity contribution < 1.29 is 19.1 Å². The van der Waals surface area contributed by atoms with E-state index in [0.29, 0.717) is 59.7 Å². The van der Waals surface area contributed by atoms with Crippen LogP contribution in [0.2, 0.25) is 5.02 Å². The number of imidazole rings is 1. The number of aromatic nitrogens is 2. The van der Waals surface area contributed by atoms with Crippen molar-refractivity contribution in [2.45, 2.75) is 45.2 Å². The number of benzene rings is 2. The van der Waals surface area contributed by atoms with Crippen molar-refractivity contribution in [3.63, 3.8) is 0 Å². The first-order chi connectivity index (χ1) is 21.1. The number of hydrogen-bond acceptors (Lipinski definition) is 5. The summed E-state index contributed by atoms with van der Waals surface area (Å²) in [5.41, 5.74) is 4.93. The van der Waals surface area contributed by atoms with Crippen LogP contribution in [0.1, 0.15) is 65.0 Å². The van der Waals surface area contributed by atoms with Crippen molar-refractivity contribution in [2.75, 3.05) is 38.3 Å². The molecule has 1 fully saturated rings. The Kier molecular flexibility index (Phi) is 8.35. The first-order valence-corrected chi connectivity index (χ1v) is 15.7. The molecule has 0 N–H and O–H groups in total. The van der Waals surface area contributed by atoms with Crippen molar-refractivity contribution >= 4 is 40.7 Å². The van der Waals surface area contributed by atoms with E-state index in [-0.39, 0.29) is 29.2 Å². The lowest BCUT2D eigenvalue weighted by Crippen LogP contribution is -2.40. The van der Waals surface area contributed by atoms with Crippen LogP contribution in [0, 0.1) is 12.8 Å². The zero-order chi connectivity index (χ0) is 31.3. The summed E-state index contributed by atoms with van der Waals surface area (Å²) < 4.78 is 13.3. The molecule has 3 aromatic rings. The minimum absolute atomic E-state index is 0.0657. The topological polar surface area (TPSA) is 76.9 Å². The van der Waals surface area contributed by atoms with Gasteiger partial charge in [-0.25, -0.2) is 4.98 Å². The van der Waals surface area contributed by atoms with Crippen molar-refractivity contribution in [1.82, 2.24) is 14.5 Å². The Morgan fingerprint density at radius 1 is 1.14 bits per heavy atom. The fourth-order valence-corrected chi connectivity index (χ4v) is 6.62. The highest BCUT2D eigenvalue weighted by Gasteiger charge is 2.46. The van der Waals surface area contributed by atoms with Crippen molar-refractivity contribution in [1.29, 1.82) is 0 Å². The number of hydrogen-bond donors (Lipinski definition) is 0. The van der Waals surface area contributed by atoms with Gasteiger partial charge in [0.1, 0.15) is 17.6 Å². The van der Waals surface area contributed by atoms with Crippen molar-refractivity contribution in [2.24, 2.45) is 5.92 Å². The van der Waals surface area contributed by atoms with Crippen molar-refractivity contribution in [3.05, 3.63) is 87.7 Å². The van der Waals surface area contributed by atoms with E-state index < -0.39 is 6.04 Å². The molecule has 1 aromatic heterocycles. The highest BCUT2D eigenvalue weighted by molar-refractivity contribution is 6.31. The smallest absolute Gasteiger partial charge is 0.279 e. The van der Waals surface area contributed by atoms with E-state index in [1.54, 1.807) is 29.0 Å². The van der Waals surface area contributed by atoms with Gasteiger partial charge in [0.25, 0.3) is 11.8 Å². The summed E-state index contributed by atoms with van der Waals surface area (Å²) in [7, 11) is 1.60. The molecule has 2 aliphatic heterocycles. The number of aryl methyl sites for hydroxylation is 1. The van der Waals surface area contributed by atoms with Crippen LogP contribution in [0.4, 0.5) is 5.69 Å². The maximum atomic E-state index is 14.4. The summed E-state index contributed by atoms with van der Waals surface area (Å²) in [6.45, 7) is 10.3. The van der Waals surface area contributed by atoms with E-state index in [2.05, 4.69) is 31.4 Å². The second-order valence-electron chi connectivity index (χ2n) is 11.8. The van der Waals surface area contributed by atoms with Crippen LogP contribution < -0.4 is 9.64 Å². The molecule has 2 aromatic carbocycles. The molecule has 0 bridgehead atoms. The zero-order valence-corrected chi connectivity index (χ0v) is 27.0. The SMILES string of the molecule is COc1ccc(C(=O)N2CCOCC2)cc1-c1nc2c(n1C(C)C)C(C1=CC(C)C(Cl)C=C1)N(c1cc(Cl)ccc1C)C2=O. The van der Waals surface area contributed by atoms with Gasteiger partial charge in [0, 0.05) is 35.4 Å². The van der Waals surface area contributed by atoms with Crippen LogP contribution in [0.5, 0.6) is 5.75 Å². The Labute approximate surface area is 267 Å². The van der Waals surface area contributed by atoms with E-state index in [4.69, 9.17) is 37.7 Å². The third kappa shape index (κ3) is 5.23. The quantitative estimate of drug-likeness (QED) is 0.273.